The Labute approximate surface area is 145 Å². The Morgan fingerprint density at radius 1 is 1.09 bits per heavy atom. The van der Waals surface area contributed by atoms with Gasteiger partial charge in [0.15, 0.2) is 0 Å². The van der Waals surface area contributed by atoms with Crippen LogP contribution in [-0.4, -0.2) is 51.9 Å². The highest BCUT2D eigenvalue weighted by Crippen LogP contribution is 2.34. The Morgan fingerprint density at radius 2 is 1.70 bits per heavy atom. The van der Waals surface area contributed by atoms with Crippen LogP contribution in [0.15, 0.2) is 12.1 Å². The highest BCUT2D eigenvalue weighted by molar-refractivity contribution is 6.36. The molecule has 0 aromatic heterocycles. The molecule has 5 nitrogen and oxygen atoms in total. The second-order valence-corrected chi connectivity index (χ2v) is 7.04. The Hall–Kier alpha value is -1.01. The number of aromatic hydroxyl groups is 1. The van der Waals surface area contributed by atoms with Crippen molar-refractivity contribution in [3.63, 3.8) is 0 Å². The normalized spacial score (nSPS) is 23.7. The first kappa shape index (κ1) is 16.8. The van der Waals surface area contributed by atoms with Crippen LogP contribution >= 0.6 is 23.2 Å². The molecule has 0 radical (unpaired) electrons. The third kappa shape index (κ3) is 3.58. The molecule has 0 unspecified atom stereocenters. The molecule has 1 aromatic carbocycles. The van der Waals surface area contributed by atoms with Gasteiger partial charge < -0.3 is 10.2 Å². The zero-order valence-corrected chi connectivity index (χ0v) is 14.2. The number of nitrogens with zero attached hydrogens (tertiary/aromatic N) is 2. The molecule has 2 aliphatic heterocycles. The van der Waals surface area contributed by atoms with Crippen LogP contribution in [0, 0.1) is 5.92 Å². The van der Waals surface area contributed by atoms with Crippen molar-refractivity contribution in [3.8, 4) is 5.75 Å². The lowest BCUT2D eigenvalue weighted by atomic mass is 9.98. The van der Waals surface area contributed by atoms with Crippen LogP contribution in [0.3, 0.4) is 0 Å². The van der Waals surface area contributed by atoms with Gasteiger partial charge in [0.2, 0.25) is 5.91 Å². The number of carbonyl (C=O) groups excluding carboxylic acids is 1. The number of amides is 1. The molecule has 0 saturated carbocycles. The van der Waals surface area contributed by atoms with Crippen molar-refractivity contribution in [1.29, 1.82) is 0 Å². The lowest BCUT2D eigenvalue weighted by Crippen LogP contribution is -2.49. The molecule has 2 fully saturated rings. The van der Waals surface area contributed by atoms with Crippen molar-refractivity contribution < 1.29 is 15.0 Å². The quantitative estimate of drug-likeness (QED) is 0.870. The van der Waals surface area contributed by atoms with Gasteiger partial charge in [-0.2, -0.15) is 0 Å². The number of rotatable bonds is 3. The largest absolute Gasteiger partial charge is 0.508 e. The van der Waals surface area contributed by atoms with Crippen LogP contribution in [0.25, 0.3) is 0 Å². The molecular weight excluding hydrogens is 339 g/mol. The van der Waals surface area contributed by atoms with Gasteiger partial charge in [-0.3, -0.25) is 9.80 Å². The van der Waals surface area contributed by atoms with Gasteiger partial charge in [0.05, 0.1) is 6.10 Å². The summed E-state index contributed by atoms with van der Waals surface area (Å²) in [7, 11) is 0. The van der Waals surface area contributed by atoms with E-state index in [-0.39, 0.29) is 23.7 Å². The number of piperidine rings is 1. The van der Waals surface area contributed by atoms with E-state index in [0.29, 0.717) is 54.5 Å². The van der Waals surface area contributed by atoms with Crippen molar-refractivity contribution >= 4 is 29.1 Å². The van der Waals surface area contributed by atoms with Gasteiger partial charge in [0.25, 0.3) is 0 Å². The third-order valence-corrected chi connectivity index (χ3v) is 5.33. The maximum Gasteiger partial charge on any atom is 0.240 e. The Morgan fingerprint density at radius 3 is 2.30 bits per heavy atom. The van der Waals surface area contributed by atoms with Crippen LogP contribution in [0.1, 0.15) is 24.8 Å². The molecule has 2 N–H and O–H groups in total. The fourth-order valence-electron chi connectivity index (χ4n) is 3.32. The van der Waals surface area contributed by atoms with E-state index < -0.39 is 0 Å². The zero-order chi connectivity index (χ0) is 16.6. The van der Waals surface area contributed by atoms with Crippen LogP contribution < -0.4 is 0 Å². The van der Waals surface area contributed by atoms with Gasteiger partial charge in [0.1, 0.15) is 5.75 Å². The van der Waals surface area contributed by atoms with Gasteiger partial charge in [-0.15, -0.1) is 0 Å². The topological polar surface area (TPSA) is 64.0 Å². The van der Waals surface area contributed by atoms with E-state index in [1.807, 2.05) is 5.01 Å². The molecule has 0 spiro atoms. The standard InChI is InChI=1S/C16H20Cl2N2O3/c17-14-8-12(22)9-15(18)13(14)7-10-1-6-20(16(10)23)19-4-2-11(21)3-5-19/h8-11,21-22H,1-7H2/t10-/m0/s1. The first-order chi connectivity index (χ1) is 11.0. The number of halogens is 2. The van der Waals surface area contributed by atoms with Crippen molar-refractivity contribution in [2.75, 3.05) is 19.6 Å². The minimum Gasteiger partial charge on any atom is -0.508 e. The summed E-state index contributed by atoms with van der Waals surface area (Å²) in [5.41, 5.74) is 0.709. The molecular formula is C16H20Cl2N2O3. The van der Waals surface area contributed by atoms with E-state index >= 15 is 0 Å². The number of phenolic OH excluding ortho intramolecular Hbond substituents is 1. The Balaban J connectivity index is 1.68. The summed E-state index contributed by atoms with van der Waals surface area (Å²) in [5.74, 6) is -0.0435. The molecule has 126 valence electrons. The average molecular weight is 359 g/mol. The number of phenols is 1. The number of carbonyl (C=O) groups is 1. The van der Waals surface area contributed by atoms with Gasteiger partial charge in [-0.05, 0) is 43.4 Å². The van der Waals surface area contributed by atoms with Crippen molar-refractivity contribution in [1.82, 2.24) is 10.0 Å². The average Bonchev–Trinajstić information content (AvgIpc) is 2.85. The number of hydrogen-bond acceptors (Lipinski definition) is 4. The summed E-state index contributed by atoms with van der Waals surface area (Å²) in [6.07, 6.45) is 2.37. The maximum atomic E-state index is 12.7. The lowest BCUT2D eigenvalue weighted by molar-refractivity contribution is -0.149. The number of hydrogen-bond donors (Lipinski definition) is 2. The number of hydrazine groups is 1. The molecule has 0 aliphatic carbocycles. The van der Waals surface area contributed by atoms with E-state index in [4.69, 9.17) is 23.2 Å². The molecule has 2 aliphatic rings. The van der Waals surface area contributed by atoms with Crippen LogP contribution in [0.2, 0.25) is 10.0 Å². The van der Waals surface area contributed by atoms with E-state index in [1.54, 1.807) is 5.01 Å². The summed E-state index contributed by atoms with van der Waals surface area (Å²) in [4.78, 5) is 12.7. The van der Waals surface area contributed by atoms with Crippen LogP contribution in [0.5, 0.6) is 5.75 Å². The van der Waals surface area contributed by atoms with Crippen LogP contribution in [-0.2, 0) is 11.2 Å². The Bertz CT molecular complexity index is 580. The fourth-order valence-corrected chi connectivity index (χ4v) is 3.95. The summed E-state index contributed by atoms with van der Waals surface area (Å²) in [6.45, 7) is 2.10. The number of aliphatic hydroxyl groups excluding tert-OH is 1. The number of aliphatic hydroxyl groups is 1. The predicted octanol–water partition coefficient (Wildman–Crippen LogP) is 2.46. The minimum atomic E-state index is -0.255. The van der Waals surface area contributed by atoms with Gasteiger partial charge in [-0.25, -0.2) is 5.01 Å². The second kappa shape index (κ2) is 6.85. The lowest BCUT2D eigenvalue weighted by Gasteiger charge is -2.36. The second-order valence-electron chi connectivity index (χ2n) is 6.22. The van der Waals surface area contributed by atoms with Crippen molar-refractivity contribution in [3.05, 3.63) is 27.7 Å². The first-order valence-corrected chi connectivity index (χ1v) is 8.62. The van der Waals surface area contributed by atoms with E-state index in [0.717, 1.165) is 6.42 Å². The van der Waals surface area contributed by atoms with Crippen LogP contribution in [0.4, 0.5) is 0 Å². The zero-order valence-electron chi connectivity index (χ0n) is 12.7. The highest BCUT2D eigenvalue weighted by Gasteiger charge is 2.36. The molecule has 2 saturated heterocycles. The van der Waals surface area contributed by atoms with Gasteiger partial charge in [0, 0.05) is 35.6 Å². The van der Waals surface area contributed by atoms with E-state index in [2.05, 4.69) is 0 Å². The minimum absolute atomic E-state index is 0.0231. The first-order valence-electron chi connectivity index (χ1n) is 7.87. The number of benzene rings is 1. The molecule has 7 heteroatoms. The Kier molecular flexibility index (Phi) is 5.01. The summed E-state index contributed by atoms with van der Waals surface area (Å²) < 4.78 is 0. The molecule has 1 aromatic rings. The third-order valence-electron chi connectivity index (χ3n) is 4.65. The summed E-state index contributed by atoms with van der Waals surface area (Å²) in [5, 5.41) is 23.7. The molecule has 1 atom stereocenters. The van der Waals surface area contributed by atoms with Gasteiger partial charge >= 0.3 is 0 Å². The summed E-state index contributed by atoms with van der Waals surface area (Å²) >= 11 is 12.3. The summed E-state index contributed by atoms with van der Waals surface area (Å²) in [6, 6.07) is 2.90. The van der Waals surface area contributed by atoms with Gasteiger partial charge in [-0.1, -0.05) is 23.2 Å². The van der Waals surface area contributed by atoms with E-state index in [9.17, 15) is 15.0 Å². The maximum absolute atomic E-state index is 12.7. The monoisotopic (exact) mass is 358 g/mol. The van der Waals surface area contributed by atoms with Crippen molar-refractivity contribution in [2.45, 2.75) is 31.8 Å². The smallest absolute Gasteiger partial charge is 0.240 e. The van der Waals surface area contributed by atoms with Crippen molar-refractivity contribution in [2.24, 2.45) is 5.92 Å². The molecule has 1 amide bonds. The molecule has 0 bridgehead atoms. The van der Waals surface area contributed by atoms with E-state index in [1.165, 1.54) is 12.1 Å². The highest BCUT2D eigenvalue weighted by atomic mass is 35.5. The predicted molar refractivity (Wildman–Crippen MR) is 88.5 cm³/mol. The fraction of sp³-hybridized carbons (Fsp3) is 0.562. The molecule has 2 heterocycles. The SMILES string of the molecule is O=C1[C@H](Cc2c(Cl)cc(O)cc2Cl)CCN1N1CCC(O)CC1. The molecule has 3 rings (SSSR count). The molecule has 23 heavy (non-hydrogen) atoms.